The van der Waals surface area contributed by atoms with Gasteiger partial charge in [-0.1, -0.05) is 68.4 Å². The summed E-state index contributed by atoms with van der Waals surface area (Å²) in [5.74, 6) is 0. The molecule has 3 aromatic carbocycles. The molecular formula is C23H23NO2S. The highest BCUT2D eigenvalue weighted by molar-refractivity contribution is 7.92. The molecule has 3 nitrogen and oxygen atoms in total. The molecule has 1 aliphatic heterocycles. The molecule has 2 N–H and O–H groups in total. The molecule has 4 heteroatoms. The molecule has 0 fully saturated rings. The van der Waals surface area contributed by atoms with E-state index in [1.165, 1.54) is 0 Å². The van der Waals surface area contributed by atoms with Crippen molar-refractivity contribution in [3.63, 3.8) is 0 Å². The van der Waals surface area contributed by atoms with Crippen LogP contribution in [-0.2, 0) is 15.4 Å². The second-order valence-corrected chi connectivity index (χ2v) is 9.04. The second-order valence-electron chi connectivity index (χ2n) is 7.15. The number of sulfone groups is 1. The monoisotopic (exact) mass is 377 g/mol. The third kappa shape index (κ3) is 2.71. The van der Waals surface area contributed by atoms with Crippen molar-refractivity contribution in [1.82, 2.24) is 0 Å². The number of benzene rings is 3. The van der Waals surface area contributed by atoms with Gasteiger partial charge in [0, 0.05) is 16.7 Å². The van der Waals surface area contributed by atoms with E-state index in [9.17, 15) is 8.42 Å². The Labute approximate surface area is 160 Å². The lowest BCUT2D eigenvalue weighted by atomic mass is 9.85. The quantitative estimate of drug-likeness (QED) is 0.535. The molecule has 0 unspecified atom stereocenters. The average Bonchev–Trinajstić information content (AvgIpc) is 2.94. The summed E-state index contributed by atoms with van der Waals surface area (Å²) in [5, 5.41) is 0. The molecule has 27 heavy (non-hydrogen) atoms. The molecular weight excluding hydrogens is 354 g/mol. The fourth-order valence-corrected chi connectivity index (χ4v) is 5.57. The molecule has 0 amide bonds. The van der Waals surface area contributed by atoms with Crippen molar-refractivity contribution in [3.05, 3.63) is 72.3 Å². The molecule has 0 aromatic heterocycles. The Morgan fingerprint density at radius 1 is 0.778 bits per heavy atom. The third-order valence-corrected chi connectivity index (χ3v) is 7.61. The number of hydrogen-bond donors (Lipinski definition) is 1. The lowest BCUT2D eigenvalue weighted by Gasteiger charge is -2.27. The van der Waals surface area contributed by atoms with E-state index in [-0.39, 0.29) is 0 Å². The maximum atomic E-state index is 13.3. The van der Waals surface area contributed by atoms with Crippen LogP contribution in [0, 0.1) is 0 Å². The molecule has 0 saturated heterocycles. The van der Waals surface area contributed by atoms with Gasteiger partial charge in [-0.2, -0.15) is 0 Å². The fraction of sp³-hybridized carbons (Fsp3) is 0.217. The minimum absolute atomic E-state index is 0.372. The largest absolute Gasteiger partial charge is 0.321 e. The number of hydrogen-bond acceptors (Lipinski definition) is 3. The first-order valence-electron chi connectivity index (χ1n) is 9.29. The smallest absolute Gasteiger partial charge is 0.207 e. The third-order valence-electron chi connectivity index (χ3n) is 5.78. The van der Waals surface area contributed by atoms with Gasteiger partial charge in [-0.15, -0.1) is 0 Å². The predicted molar refractivity (Wildman–Crippen MR) is 109 cm³/mol. The van der Waals surface area contributed by atoms with Crippen LogP contribution in [-0.4, -0.2) is 8.42 Å². The summed E-state index contributed by atoms with van der Waals surface area (Å²) < 4.78 is 26.5. The minimum atomic E-state index is -3.55. The van der Waals surface area contributed by atoms with Gasteiger partial charge < -0.3 is 5.73 Å². The highest BCUT2D eigenvalue weighted by Gasteiger charge is 2.35. The van der Waals surface area contributed by atoms with Crippen molar-refractivity contribution in [3.8, 4) is 22.3 Å². The Kier molecular flexibility index (Phi) is 4.21. The highest BCUT2D eigenvalue weighted by atomic mass is 32.2. The highest BCUT2D eigenvalue weighted by Crippen LogP contribution is 2.46. The van der Waals surface area contributed by atoms with Crippen molar-refractivity contribution >= 4 is 9.84 Å². The van der Waals surface area contributed by atoms with E-state index in [2.05, 4.69) is 0 Å². The van der Waals surface area contributed by atoms with Crippen molar-refractivity contribution in [2.45, 2.75) is 42.0 Å². The minimum Gasteiger partial charge on any atom is -0.321 e. The van der Waals surface area contributed by atoms with E-state index in [4.69, 9.17) is 5.73 Å². The Morgan fingerprint density at radius 2 is 1.37 bits per heavy atom. The Hall–Kier alpha value is -2.43. The van der Waals surface area contributed by atoms with Gasteiger partial charge in [-0.25, -0.2) is 8.42 Å². The topological polar surface area (TPSA) is 60.2 Å². The van der Waals surface area contributed by atoms with E-state index in [1.807, 2.05) is 68.4 Å². The van der Waals surface area contributed by atoms with Crippen LogP contribution in [0.25, 0.3) is 22.3 Å². The van der Waals surface area contributed by atoms with E-state index in [0.29, 0.717) is 9.79 Å². The SMILES string of the molecule is CCC(N)(CC)c1ccc2c(c1)S(=O)(=O)c1cc(-c3ccccc3)ccc1-2. The molecule has 0 saturated carbocycles. The Balaban J connectivity index is 1.88. The first-order chi connectivity index (χ1) is 12.9. The standard InChI is InChI=1S/C23H23NO2S/c1-3-23(24,4-2)18-11-13-20-19-12-10-17(16-8-6-5-7-9-16)14-21(19)27(25,26)22(20)15-18/h5-15H,3-4,24H2,1-2H3. The molecule has 0 bridgehead atoms. The van der Waals surface area contributed by atoms with Crippen molar-refractivity contribution in [2.75, 3.05) is 0 Å². The van der Waals surface area contributed by atoms with E-state index in [0.717, 1.165) is 40.7 Å². The van der Waals surface area contributed by atoms with E-state index < -0.39 is 15.4 Å². The number of fused-ring (bicyclic) bond motifs is 3. The van der Waals surface area contributed by atoms with Gasteiger partial charge in [0.2, 0.25) is 9.84 Å². The van der Waals surface area contributed by atoms with Crippen LogP contribution in [0.1, 0.15) is 32.3 Å². The van der Waals surface area contributed by atoms with Crippen molar-refractivity contribution in [2.24, 2.45) is 5.73 Å². The first kappa shape index (κ1) is 18.0. The van der Waals surface area contributed by atoms with Crippen LogP contribution in [0.4, 0.5) is 0 Å². The van der Waals surface area contributed by atoms with Gasteiger partial charge in [-0.3, -0.25) is 0 Å². The summed E-state index contributed by atoms with van der Waals surface area (Å²) in [4.78, 5) is 0.753. The van der Waals surface area contributed by atoms with Gasteiger partial charge in [-0.05, 0) is 41.7 Å². The second kappa shape index (κ2) is 6.32. The molecule has 138 valence electrons. The molecule has 0 aliphatic carbocycles. The maximum absolute atomic E-state index is 13.3. The first-order valence-corrected chi connectivity index (χ1v) is 10.8. The van der Waals surface area contributed by atoms with Crippen molar-refractivity contribution < 1.29 is 8.42 Å². The molecule has 0 radical (unpaired) electrons. The number of rotatable bonds is 4. The fourth-order valence-electron chi connectivity index (χ4n) is 3.83. The van der Waals surface area contributed by atoms with Gasteiger partial charge in [0.25, 0.3) is 0 Å². The molecule has 4 rings (SSSR count). The van der Waals surface area contributed by atoms with E-state index in [1.54, 1.807) is 12.1 Å². The number of nitrogens with two attached hydrogens (primary N) is 1. The van der Waals surface area contributed by atoms with Gasteiger partial charge in [0.05, 0.1) is 9.79 Å². The molecule has 1 heterocycles. The maximum Gasteiger partial charge on any atom is 0.207 e. The van der Waals surface area contributed by atoms with E-state index >= 15 is 0 Å². The Morgan fingerprint density at radius 3 is 2.00 bits per heavy atom. The molecule has 0 spiro atoms. The lowest BCUT2D eigenvalue weighted by molar-refractivity contribution is 0.412. The van der Waals surface area contributed by atoms with Crippen molar-refractivity contribution in [1.29, 1.82) is 0 Å². The Bertz CT molecular complexity index is 1110. The summed E-state index contributed by atoms with van der Waals surface area (Å²) in [5.41, 5.74) is 10.3. The summed E-state index contributed by atoms with van der Waals surface area (Å²) in [7, 11) is -3.55. The summed E-state index contributed by atoms with van der Waals surface area (Å²) in [6, 6.07) is 21.2. The van der Waals surface area contributed by atoms with Crippen LogP contribution in [0.3, 0.4) is 0 Å². The average molecular weight is 378 g/mol. The summed E-state index contributed by atoms with van der Waals surface area (Å²) in [6.45, 7) is 4.07. The zero-order valence-electron chi connectivity index (χ0n) is 15.6. The molecule has 1 aliphatic rings. The van der Waals surface area contributed by atoms with Gasteiger partial charge in [0.15, 0.2) is 0 Å². The molecule has 0 atom stereocenters. The molecule has 3 aromatic rings. The van der Waals surface area contributed by atoms with Crippen LogP contribution in [0.15, 0.2) is 76.5 Å². The summed E-state index contributed by atoms with van der Waals surface area (Å²) in [6.07, 6.45) is 1.51. The normalized spacial score (nSPS) is 14.6. The van der Waals surface area contributed by atoms with Crippen LogP contribution in [0.2, 0.25) is 0 Å². The van der Waals surface area contributed by atoms with Gasteiger partial charge >= 0.3 is 0 Å². The van der Waals surface area contributed by atoms with Gasteiger partial charge in [0.1, 0.15) is 0 Å². The predicted octanol–water partition coefficient (Wildman–Crippen LogP) is 5.14. The van der Waals surface area contributed by atoms with Crippen LogP contribution >= 0.6 is 0 Å². The zero-order chi connectivity index (χ0) is 19.2. The van der Waals surface area contributed by atoms with Crippen LogP contribution in [0.5, 0.6) is 0 Å². The lowest BCUT2D eigenvalue weighted by Crippen LogP contribution is -2.35. The van der Waals surface area contributed by atoms with Crippen LogP contribution < -0.4 is 5.73 Å². The zero-order valence-corrected chi connectivity index (χ0v) is 16.4. The summed E-state index contributed by atoms with van der Waals surface area (Å²) >= 11 is 0.